The van der Waals surface area contributed by atoms with Crippen molar-refractivity contribution in [1.82, 2.24) is 14.6 Å². The maximum atomic E-state index is 14.9. The Hall–Kier alpha value is -3.71. The number of allylic oxidation sites excluding steroid dienone is 2. The van der Waals surface area contributed by atoms with E-state index in [0.717, 1.165) is 6.42 Å². The first-order valence-electron chi connectivity index (χ1n) is 19.3. The number of nitrogens with zero attached hydrogens (tertiary/aromatic N) is 2. The number of methoxy groups -OCH3 is 1. The molecule has 0 unspecified atom stereocenters. The largest absolute Gasteiger partial charge is 0.497 e. The minimum Gasteiger partial charge on any atom is -0.497 e. The fraction of sp³-hybridized carbons (Fsp3) is 0.634. The standard InChI is InChI=1S/C41H54ClN3O9S/c1-24-10-8-9-11-26-20-41(26,38(49)44-55(50,51)40(6)14-15-40)21-33(46)32-18-28(53-34-22-43-36(42)29-13-12-27(52-7)17-31(29)34)23-45(32)37(48)30(25(2)16-24)19-35(47)54-39(3,4)5/h9,11-13,17,22,24-26,28,30,32H,8,10,14-16,18-21,23H2,1-7H3,(H,44,49)/b11-9-/t24-,25-,26-,28-,30+,32+,41-/m1/s1. The molecule has 6 rings (SSSR count). The third-order valence-electron chi connectivity index (χ3n) is 11.9. The van der Waals surface area contributed by atoms with Crippen LogP contribution in [-0.4, -0.2) is 78.0 Å². The number of halogens is 1. The number of aromatic nitrogens is 1. The van der Waals surface area contributed by atoms with E-state index in [9.17, 15) is 27.6 Å². The number of hydrogen-bond acceptors (Lipinski definition) is 10. The first-order chi connectivity index (χ1) is 25.8. The first-order valence-corrected chi connectivity index (χ1v) is 21.2. The number of benzene rings is 1. The molecule has 0 bridgehead atoms. The molecule has 2 amide bonds. The SMILES string of the molecule is COc1ccc2c(Cl)ncc(O[C@@H]3C[C@H]4C(=O)C[C@]5(C(=O)NS(=O)(=O)C6(C)CC6)C[C@H]5/C=C\CC[C@@H](C)C[C@@H](C)[C@H](CC(=O)OC(C)(C)C)C(=O)N4C3)c2c1. The van der Waals surface area contributed by atoms with Crippen molar-refractivity contribution in [3.05, 3.63) is 41.7 Å². The van der Waals surface area contributed by atoms with Gasteiger partial charge in [0.2, 0.25) is 21.8 Å². The number of hydrogen-bond donors (Lipinski definition) is 1. The molecule has 0 radical (unpaired) electrons. The average molecular weight is 800 g/mol. The monoisotopic (exact) mass is 799 g/mol. The van der Waals surface area contributed by atoms with Gasteiger partial charge < -0.3 is 19.1 Å². The number of ketones is 1. The summed E-state index contributed by atoms with van der Waals surface area (Å²) in [5, 5.41) is 1.55. The molecule has 2 aromatic rings. The molecular weight excluding hydrogens is 746 g/mol. The molecule has 300 valence electrons. The molecule has 2 aliphatic carbocycles. The van der Waals surface area contributed by atoms with Crippen LogP contribution in [0.3, 0.4) is 0 Å². The van der Waals surface area contributed by atoms with E-state index < -0.39 is 55.7 Å². The Labute approximate surface area is 329 Å². The summed E-state index contributed by atoms with van der Waals surface area (Å²) in [6.45, 7) is 11.0. The molecule has 3 heterocycles. The highest BCUT2D eigenvalue weighted by Crippen LogP contribution is 2.58. The van der Waals surface area contributed by atoms with Crippen molar-refractivity contribution < 1.29 is 41.8 Å². The van der Waals surface area contributed by atoms with E-state index in [-0.39, 0.29) is 60.4 Å². The number of sulfonamides is 1. The highest BCUT2D eigenvalue weighted by molar-refractivity contribution is 7.91. The van der Waals surface area contributed by atoms with Crippen LogP contribution in [0.4, 0.5) is 0 Å². The summed E-state index contributed by atoms with van der Waals surface area (Å²) in [7, 11) is -2.41. The van der Waals surface area contributed by atoms with Gasteiger partial charge in [0.15, 0.2) is 5.78 Å². The van der Waals surface area contributed by atoms with Gasteiger partial charge in [-0.15, -0.1) is 0 Å². The van der Waals surface area contributed by atoms with Crippen LogP contribution in [0.1, 0.15) is 99.3 Å². The van der Waals surface area contributed by atoms with E-state index in [4.69, 9.17) is 25.8 Å². The van der Waals surface area contributed by atoms with Crippen LogP contribution < -0.4 is 14.2 Å². The summed E-state index contributed by atoms with van der Waals surface area (Å²) in [5.74, 6) is -2.10. The summed E-state index contributed by atoms with van der Waals surface area (Å²) < 4.78 is 45.4. The number of Topliss-reactive ketones (excluding diaryl/α,β-unsaturated/α-hetero) is 1. The maximum absolute atomic E-state index is 14.9. The molecule has 1 aromatic heterocycles. The lowest BCUT2D eigenvalue weighted by atomic mass is 9.82. The van der Waals surface area contributed by atoms with Gasteiger partial charge in [-0.05, 0) is 102 Å². The van der Waals surface area contributed by atoms with Crippen molar-refractivity contribution in [3.8, 4) is 11.5 Å². The Bertz CT molecular complexity index is 1990. The van der Waals surface area contributed by atoms with Gasteiger partial charge in [0.05, 0.1) is 48.4 Å². The molecule has 2 saturated carbocycles. The van der Waals surface area contributed by atoms with E-state index in [1.54, 1.807) is 53.0 Å². The second kappa shape index (κ2) is 15.3. The van der Waals surface area contributed by atoms with E-state index in [1.165, 1.54) is 11.1 Å². The van der Waals surface area contributed by atoms with E-state index >= 15 is 0 Å². The summed E-state index contributed by atoms with van der Waals surface area (Å²) >= 11 is 6.43. The fourth-order valence-corrected chi connectivity index (χ4v) is 9.76. The van der Waals surface area contributed by atoms with Gasteiger partial charge in [-0.2, -0.15) is 0 Å². The van der Waals surface area contributed by atoms with Crippen molar-refractivity contribution in [1.29, 1.82) is 0 Å². The number of nitrogens with one attached hydrogen (secondary N) is 1. The highest BCUT2D eigenvalue weighted by Gasteiger charge is 2.62. The molecule has 2 aliphatic heterocycles. The molecule has 1 N–H and O–H groups in total. The molecular formula is C41H54ClN3O9S. The summed E-state index contributed by atoms with van der Waals surface area (Å²) in [4.78, 5) is 62.6. The zero-order chi connectivity index (χ0) is 40.1. The van der Waals surface area contributed by atoms with Crippen molar-refractivity contribution >= 4 is 56.0 Å². The number of fused-ring (bicyclic) bond motifs is 3. The Morgan fingerprint density at radius 3 is 2.51 bits per heavy atom. The minimum absolute atomic E-state index is 0.0334. The first kappa shape index (κ1) is 40.9. The number of esters is 1. The molecule has 0 spiro atoms. The van der Waals surface area contributed by atoms with Gasteiger partial charge in [0.1, 0.15) is 28.4 Å². The lowest BCUT2D eigenvalue weighted by Crippen LogP contribution is -2.48. The van der Waals surface area contributed by atoms with Gasteiger partial charge in [-0.3, -0.25) is 23.9 Å². The minimum atomic E-state index is -3.96. The Morgan fingerprint density at radius 2 is 1.84 bits per heavy atom. The molecule has 7 atom stereocenters. The third-order valence-corrected chi connectivity index (χ3v) is 14.4. The van der Waals surface area contributed by atoms with Crippen LogP contribution in [0.15, 0.2) is 36.5 Å². The molecule has 3 fully saturated rings. The number of amides is 2. The van der Waals surface area contributed by atoms with E-state index in [1.807, 2.05) is 19.1 Å². The average Bonchev–Trinajstić information content (AvgIpc) is 3.98. The van der Waals surface area contributed by atoms with Crippen molar-refractivity contribution in [3.63, 3.8) is 0 Å². The quantitative estimate of drug-likeness (QED) is 0.176. The van der Waals surface area contributed by atoms with Crippen molar-refractivity contribution in [2.24, 2.45) is 29.1 Å². The predicted octanol–water partition coefficient (Wildman–Crippen LogP) is 6.57. The smallest absolute Gasteiger partial charge is 0.307 e. The Balaban J connectivity index is 1.36. The van der Waals surface area contributed by atoms with E-state index in [2.05, 4.69) is 16.6 Å². The number of carbonyl (C=O) groups is 4. The van der Waals surface area contributed by atoms with Crippen molar-refractivity contribution in [2.75, 3.05) is 13.7 Å². The lowest BCUT2D eigenvalue weighted by molar-refractivity contribution is -0.160. The normalized spacial score (nSPS) is 30.3. The van der Waals surface area contributed by atoms with Gasteiger partial charge in [0, 0.05) is 23.6 Å². The number of carbonyl (C=O) groups excluding carboxylic acids is 4. The molecule has 1 aromatic carbocycles. The zero-order valence-electron chi connectivity index (χ0n) is 32.9. The van der Waals surface area contributed by atoms with Crippen molar-refractivity contribution in [2.45, 2.75) is 122 Å². The van der Waals surface area contributed by atoms with Crippen LogP contribution >= 0.6 is 11.6 Å². The second-order valence-electron chi connectivity index (χ2n) is 17.5. The zero-order valence-corrected chi connectivity index (χ0v) is 34.4. The lowest BCUT2D eigenvalue weighted by Gasteiger charge is -2.32. The van der Waals surface area contributed by atoms with Crippen LogP contribution in [0.25, 0.3) is 10.8 Å². The number of pyridine rings is 1. The number of ether oxygens (including phenoxy) is 3. The molecule has 4 aliphatic rings. The van der Waals surface area contributed by atoms with Gasteiger partial charge >= 0.3 is 5.97 Å². The molecule has 14 heteroatoms. The molecule has 12 nitrogen and oxygen atoms in total. The molecule has 55 heavy (non-hydrogen) atoms. The maximum Gasteiger partial charge on any atom is 0.307 e. The topological polar surface area (TPSA) is 158 Å². The second-order valence-corrected chi connectivity index (χ2v) is 20.1. The fourth-order valence-electron chi connectivity index (χ4n) is 8.21. The Kier molecular flexibility index (Phi) is 11.4. The molecule has 1 saturated heterocycles. The van der Waals surface area contributed by atoms with Crippen LogP contribution in [0, 0.1) is 29.1 Å². The highest BCUT2D eigenvalue weighted by atomic mass is 35.5. The van der Waals surface area contributed by atoms with Crippen LogP contribution in [-0.2, 0) is 33.9 Å². The van der Waals surface area contributed by atoms with E-state index in [0.29, 0.717) is 54.4 Å². The van der Waals surface area contributed by atoms with Gasteiger partial charge in [-0.25, -0.2) is 13.4 Å². The Morgan fingerprint density at radius 1 is 1.11 bits per heavy atom. The van der Waals surface area contributed by atoms with Gasteiger partial charge in [-0.1, -0.05) is 37.6 Å². The summed E-state index contributed by atoms with van der Waals surface area (Å²) in [6.07, 6.45) is 7.88. The number of rotatable bonds is 8. The van der Waals surface area contributed by atoms with Crippen LogP contribution in [0.5, 0.6) is 11.5 Å². The predicted molar refractivity (Wildman–Crippen MR) is 208 cm³/mol. The summed E-state index contributed by atoms with van der Waals surface area (Å²) in [5.41, 5.74) is -2.03. The third kappa shape index (κ3) is 8.82. The van der Waals surface area contributed by atoms with Crippen LogP contribution in [0.2, 0.25) is 5.15 Å². The summed E-state index contributed by atoms with van der Waals surface area (Å²) in [6, 6.07) is 4.32. The van der Waals surface area contributed by atoms with Gasteiger partial charge in [0.25, 0.3) is 0 Å².